The van der Waals surface area contributed by atoms with Crippen molar-refractivity contribution in [3.8, 4) is 23.0 Å². The highest BCUT2D eigenvalue weighted by atomic mass is 16.5. The van der Waals surface area contributed by atoms with Gasteiger partial charge in [-0.1, -0.05) is 42.5 Å². The molecule has 1 N–H and O–H groups in total. The van der Waals surface area contributed by atoms with Gasteiger partial charge < -0.3 is 24.1 Å². The summed E-state index contributed by atoms with van der Waals surface area (Å²) in [4.78, 5) is 11.5. The van der Waals surface area contributed by atoms with Gasteiger partial charge in [-0.05, 0) is 36.8 Å². The Kier molecular flexibility index (Phi) is 8.49. The van der Waals surface area contributed by atoms with Crippen LogP contribution < -0.4 is 18.9 Å². The monoisotopic (exact) mass is 448 g/mol. The Morgan fingerprint density at radius 3 is 2.39 bits per heavy atom. The molecule has 1 unspecified atom stereocenters. The summed E-state index contributed by atoms with van der Waals surface area (Å²) in [5.41, 5.74) is 2.23. The SMILES string of the molecule is CCOc1ccc(C=CC(O)c2ccc(OC)cc2OCc2ccccc2)c(OC(C)=O)c1. The number of carbonyl (C=O) groups is 1. The maximum atomic E-state index is 11.5. The van der Waals surface area contributed by atoms with Crippen molar-refractivity contribution >= 4 is 12.0 Å². The molecule has 172 valence electrons. The Bertz CT molecular complexity index is 1090. The highest BCUT2D eigenvalue weighted by molar-refractivity contribution is 5.72. The van der Waals surface area contributed by atoms with Gasteiger partial charge in [-0.3, -0.25) is 4.79 Å². The summed E-state index contributed by atoms with van der Waals surface area (Å²) in [5, 5.41) is 10.9. The summed E-state index contributed by atoms with van der Waals surface area (Å²) in [5.74, 6) is 1.65. The summed E-state index contributed by atoms with van der Waals surface area (Å²) < 4.78 is 22.1. The molecule has 6 nitrogen and oxygen atoms in total. The van der Waals surface area contributed by atoms with Crippen molar-refractivity contribution in [2.45, 2.75) is 26.6 Å². The van der Waals surface area contributed by atoms with Crippen LogP contribution in [0.2, 0.25) is 0 Å². The minimum Gasteiger partial charge on any atom is -0.497 e. The van der Waals surface area contributed by atoms with E-state index < -0.39 is 12.1 Å². The molecule has 0 heterocycles. The molecule has 0 aliphatic rings. The van der Waals surface area contributed by atoms with Crippen LogP contribution in [0.15, 0.2) is 72.8 Å². The molecular formula is C27H28O6. The van der Waals surface area contributed by atoms with Gasteiger partial charge in [0.05, 0.1) is 13.7 Å². The Hall–Kier alpha value is -3.77. The molecule has 3 aromatic carbocycles. The maximum Gasteiger partial charge on any atom is 0.308 e. The zero-order chi connectivity index (χ0) is 23.6. The van der Waals surface area contributed by atoms with Crippen LogP contribution in [0.25, 0.3) is 6.08 Å². The topological polar surface area (TPSA) is 74.2 Å². The number of aliphatic hydroxyl groups is 1. The number of hydrogen-bond acceptors (Lipinski definition) is 6. The van der Waals surface area contributed by atoms with Crippen LogP contribution in [0.3, 0.4) is 0 Å². The maximum absolute atomic E-state index is 11.5. The fourth-order valence-corrected chi connectivity index (χ4v) is 3.20. The summed E-state index contributed by atoms with van der Waals surface area (Å²) in [6, 6.07) is 20.3. The van der Waals surface area contributed by atoms with Crippen molar-refractivity contribution in [3.05, 3.63) is 89.5 Å². The van der Waals surface area contributed by atoms with E-state index in [9.17, 15) is 9.90 Å². The van der Waals surface area contributed by atoms with E-state index >= 15 is 0 Å². The second-order valence-electron chi connectivity index (χ2n) is 7.21. The first-order valence-corrected chi connectivity index (χ1v) is 10.7. The Labute approximate surface area is 194 Å². The Morgan fingerprint density at radius 2 is 1.70 bits per heavy atom. The first kappa shape index (κ1) is 23.9. The van der Waals surface area contributed by atoms with Gasteiger partial charge in [0.1, 0.15) is 35.7 Å². The first-order chi connectivity index (χ1) is 16.0. The van der Waals surface area contributed by atoms with Crippen LogP contribution in [0.1, 0.15) is 36.6 Å². The van der Waals surface area contributed by atoms with Gasteiger partial charge in [0.2, 0.25) is 0 Å². The van der Waals surface area contributed by atoms with E-state index in [1.54, 1.807) is 55.7 Å². The van der Waals surface area contributed by atoms with Gasteiger partial charge >= 0.3 is 5.97 Å². The van der Waals surface area contributed by atoms with Crippen molar-refractivity contribution in [1.29, 1.82) is 0 Å². The largest absolute Gasteiger partial charge is 0.497 e. The van der Waals surface area contributed by atoms with Gasteiger partial charge in [0, 0.05) is 30.2 Å². The number of ether oxygens (including phenoxy) is 4. The summed E-state index contributed by atoms with van der Waals surface area (Å²) in [6.45, 7) is 4.06. The molecular weight excluding hydrogens is 420 g/mol. The molecule has 0 radical (unpaired) electrons. The molecule has 1 atom stereocenters. The highest BCUT2D eigenvalue weighted by Crippen LogP contribution is 2.33. The van der Waals surface area contributed by atoms with Crippen molar-refractivity contribution in [3.63, 3.8) is 0 Å². The average molecular weight is 449 g/mol. The zero-order valence-corrected chi connectivity index (χ0v) is 19.0. The normalized spacial score (nSPS) is 11.8. The number of methoxy groups -OCH3 is 1. The lowest BCUT2D eigenvalue weighted by Crippen LogP contribution is -2.04. The molecule has 33 heavy (non-hydrogen) atoms. The predicted molar refractivity (Wildman–Crippen MR) is 127 cm³/mol. The molecule has 3 aromatic rings. The van der Waals surface area contributed by atoms with Crippen LogP contribution in [-0.2, 0) is 11.4 Å². The van der Waals surface area contributed by atoms with Crippen molar-refractivity contribution in [1.82, 2.24) is 0 Å². The van der Waals surface area contributed by atoms with Crippen LogP contribution in [-0.4, -0.2) is 24.8 Å². The summed E-state index contributed by atoms with van der Waals surface area (Å²) >= 11 is 0. The number of aliphatic hydroxyl groups excluding tert-OH is 1. The third-order valence-electron chi connectivity index (χ3n) is 4.78. The van der Waals surface area contributed by atoms with Crippen molar-refractivity contribution in [2.24, 2.45) is 0 Å². The molecule has 0 spiro atoms. The van der Waals surface area contributed by atoms with Crippen molar-refractivity contribution < 1.29 is 28.8 Å². The average Bonchev–Trinajstić information content (AvgIpc) is 2.82. The Morgan fingerprint density at radius 1 is 0.970 bits per heavy atom. The minimum atomic E-state index is -0.960. The molecule has 0 saturated heterocycles. The quantitative estimate of drug-likeness (QED) is 0.333. The fourth-order valence-electron chi connectivity index (χ4n) is 3.20. The molecule has 0 bridgehead atoms. The number of esters is 1. The van der Waals surface area contributed by atoms with E-state index in [4.69, 9.17) is 18.9 Å². The van der Waals surface area contributed by atoms with E-state index in [2.05, 4.69) is 0 Å². The van der Waals surface area contributed by atoms with Gasteiger partial charge in [-0.25, -0.2) is 0 Å². The molecule has 0 aromatic heterocycles. The first-order valence-electron chi connectivity index (χ1n) is 10.7. The zero-order valence-electron chi connectivity index (χ0n) is 19.0. The lowest BCUT2D eigenvalue weighted by Gasteiger charge is -2.16. The molecule has 0 amide bonds. The smallest absolute Gasteiger partial charge is 0.308 e. The number of benzene rings is 3. The fraction of sp³-hybridized carbons (Fsp3) is 0.222. The number of hydrogen-bond donors (Lipinski definition) is 1. The molecule has 3 rings (SSSR count). The van der Waals surface area contributed by atoms with E-state index in [0.717, 1.165) is 5.56 Å². The highest BCUT2D eigenvalue weighted by Gasteiger charge is 2.14. The van der Waals surface area contributed by atoms with E-state index in [1.165, 1.54) is 6.92 Å². The van der Waals surface area contributed by atoms with Crippen molar-refractivity contribution in [2.75, 3.05) is 13.7 Å². The van der Waals surface area contributed by atoms with E-state index in [-0.39, 0.29) is 0 Å². The number of carbonyl (C=O) groups excluding carboxylic acids is 1. The lowest BCUT2D eigenvalue weighted by atomic mass is 10.1. The standard InChI is InChI=1S/C27H28O6/c1-4-31-23-12-10-21(26(17-23)33-19(2)28)11-15-25(29)24-14-13-22(30-3)16-27(24)32-18-20-8-6-5-7-9-20/h5-17,25,29H,4,18H2,1-3H3. The van der Waals surface area contributed by atoms with Gasteiger partial charge in [0.25, 0.3) is 0 Å². The molecule has 0 fully saturated rings. The molecule has 0 aliphatic carbocycles. The van der Waals surface area contributed by atoms with E-state index in [1.807, 2.05) is 37.3 Å². The molecule has 6 heteroatoms. The van der Waals surface area contributed by atoms with E-state index in [0.29, 0.717) is 47.3 Å². The second kappa shape index (κ2) is 11.7. The lowest BCUT2D eigenvalue weighted by molar-refractivity contribution is -0.131. The van der Waals surface area contributed by atoms with Crippen LogP contribution in [0.5, 0.6) is 23.0 Å². The summed E-state index contributed by atoms with van der Waals surface area (Å²) in [6.07, 6.45) is 2.35. The molecule has 0 aliphatic heterocycles. The predicted octanol–water partition coefficient (Wildman–Crippen LogP) is 5.35. The Balaban J connectivity index is 1.84. The van der Waals surface area contributed by atoms with Crippen LogP contribution >= 0.6 is 0 Å². The molecule has 0 saturated carbocycles. The van der Waals surface area contributed by atoms with Gasteiger partial charge in [-0.15, -0.1) is 0 Å². The third-order valence-corrected chi connectivity index (χ3v) is 4.78. The van der Waals surface area contributed by atoms with Crippen LogP contribution in [0, 0.1) is 0 Å². The third kappa shape index (κ3) is 6.85. The minimum absolute atomic E-state index is 0.354. The number of rotatable bonds is 10. The van der Waals surface area contributed by atoms with Gasteiger partial charge in [0.15, 0.2) is 0 Å². The van der Waals surface area contributed by atoms with Crippen LogP contribution in [0.4, 0.5) is 0 Å². The second-order valence-corrected chi connectivity index (χ2v) is 7.21. The van der Waals surface area contributed by atoms with Gasteiger partial charge in [-0.2, -0.15) is 0 Å². The summed E-state index contributed by atoms with van der Waals surface area (Å²) in [7, 11) is 1.58.